The average Bonchev–Trinajstić information content (AvgIpc) is 3.41. The Morgan fingerprint density at radius 1 is 1.16 bits per heavy atom. The quantitative estimate of drug-likeness (QED) is 0.703. The summed E-state index contributed by atoms with van der Waals surface area (Å²) in [4.78, 5) is 46.1. The number of aromatic nitrogens is 3. The Kier molecular flexibility index (Phi) is 4.32. The molecule has 31 heavy (non-hydrogen) atoms. The van der Waals surface area contributed by atoms with Crippen LogP contribution in [-0.2, 0) is 9.59 Å². The molecule has 1 aromatic carbocycles. The number of amides is 3. The molecule has 3 amide bonds. The van der Waals surface area contributed by atoms with Gasteiger partial charge in [-0.15, -0.1) is 0 Å². The van der Waals surface area contributed by atoms with Crippen molar-refractivity contribution in [1.29, 1.82) is 0 Å². The van der Waals surface area contributed by atoms with E-state index in [0.29, 0.717) is 35.6 Å². The van der Waals surface area contributed by atoms with E-state index in [0.717, 1.165) is 0 Å². The van der Waals surface area contributed by atoms with Crippen molar-refractivity contribution >= 4 is 29.1 Å². The monoisotopic (exact) mass is 416 g/mol. The first-order chi connectivity index (χ1) is 15.0. The molecule has 1 atom stereocenters. The lowest BCUT2D eigenvalue weighted by Gasteiger charge is -2.48. The van der Waals surface area contributed by atoms with Gasteiger partial charge in [-0.25, -0.2) is 9.67 Å². The number of hydrogen-bond acceptors (Lipinski definition) is 5. The molecule has 0 saturated carbocycles. The van der Waals surface area contributed by atoms with Crippen molar-refractivity contribution in [2.24, 2.45) is 0 Å². The highest BCUT2D eigenvalue weighted by molar-refractivity contribution is 6.11. The van der Waals surface area contributed by atoms with E-state index in [1.165, 1.54) is 11.1 Å². The second-order valence-corrected chi connectivity index (χ2v) is 7.76. The largest absolute Gasteiger partial charge is 0.323 e. The molecular weight excluding hydrogens is 396 g/mol. The van der Waals surface area contributed by atoms with Crippen LogP contribution in [0.3, 0.4) is 0 Å². The fourth-order valence-electron chi connectivity index (χ4n) is 4.29. The van der Waals surface area contributed by atoms with Crippen LogP contribution in [0.5, 0.6) is 0 Å². The molecule has 1 fully saturated rings. The number of pyridine rings is 1. The summed E-state index contributed by atoms with van der Waals surface area (Å²) in [5.74, 6) is -0.0436. The molecule has 9 heteroatoms. The molecule has 9 nitrogen and oxygen atoms in total. The first-order valence-corrected chi connectivity index (χ1v) is 9.97. The van der Waals surface area contributed by atoms with Crippen LogP contribution in [0.4, 0.5) is 11.4 Å². The van der Waals surface area contributed by atoms with Crippen LogP contribution >= 0.6 is 0 Å². The van der Waals surface area contributed by atoms with E-state index in [1.807, 2.05) is 6.92 Å². The molecule has 5 rings (SSSR count). The highest BCUT2D eigenvalue weighted by Gasteiger charge is 2.53. The van der Waals surface area contributed by atoms with Crippen LogP contribution in [0.15, 0.2) is 61.1 Å². The molecule has 0 radical (unpaired) electrons. The minimum absolute atomic E-state index is 0.0498. The Morgan fingerprint density at radius 2 is 2.00 bits per heavy atom. The number of nitrogens with zero attached hydrogens (tertiary/aromatic N) is 5. The van der Waals surface area contributed by atoms with E-state index >= 15 is 0 Å². The number of nitrogens with one attached hydrogen (secondary N) is 1. The number of rotatable bonds is 4. The molecule has 1 saturated heterocycles. The van der Waals surface area contributed by atoms with Gasteiger partial charge in [0.2, 0.25) is 11.8 Å². The number of hydrogen-bond donors (Lipinski definition) is 1. The highest BCUT2D eigenvalue weighted by atomic mass is 16.2. The van der Waals surface area contributed by atoms with Gasteiger partial charge in [-0.2, -0.15) is 5.10 Å². The lowest BCUT2D eigenvalue weighted by Crippen LogP contribution is -2.63. The molecule has 2 aliphatic heterocycles. The third-order valence-corrected chi connectivity index (χ3v) is 5.82. The molecule has 3 aromatic rings. The molecular formula is C22H20N6O3. The van der Waals surface area contributed by atoms with Gasteiger partial charge < -0.3 is 10.2 Å². The van der Waals surface area contributed by atoms with Crippen molar-refractivity contribution in [1.82, 2.24) is 19.7 Å². The third kappa shape index (κ3) is 3.05. The summed E-state index contributed by atoms with van der Waals surface area (Å²) in [5, 5.41) is 6.90. The van der Waals surface area contributed by atoms with Gasteiger partial charge in [0, 0.05) is 18.8 Å². The second-order valence-electron chi connectivity index (χ2n) is 7.76. The molecule has 0 bridgehead atoms. The summed E-state index contributed by atoms with van der Waals surface area (Å²) in [7, 11) is 0. The fraction of sp³-hybridized carbons (Fsp3) is 0.227. The Hall–Kier alpha value is -4.01. The van der Waals surface area contributed by atoms with Crippen LogP contribution in [0, 0.1) is 0 Å². The summed E-state index contributed by atoms with van der Waals surface area (Å²) in [6.07, 6.45) is 5.77. The van der Waals surface area contributed by atoms with E-state index in [2.05, 4.69) is 15.4 Å². The first-order valence-electron chi connectivity index (χ1n) is 9.97. The van der Waals surface area contributed by atoms with Crippen molar-refractivity contribution in [3.63, 3.8) is 0 Å². The average molecular weight is 416 g/mol. The topological polar surface area (TPSA) is 100 Å². The summed E-state index contributed by atoms with van der Waals surface area (Å²) in [5.41, 5.74) is 0.665. The minimum atomic E-state index is -0.873. The molecule has 2 aliphatic rings. The predicted molar refractivity (Wildman–Crippen MR) is 113 cm³/mol. The van der Waals surface area contributed by atoms with E-state index in [9.17, 15) is 14.4 Å². The Balaban J connectivity index is 1.37. The van der Waals surface area contributed by atoms with E-state index in [1.54, 1.807) is 64.4 Å². The number of fused-ring (bicyclic) bond motifs is 3. The number of carbonyl (C=O) groups excluding carboxylic acids is 3. The fourth-order valence-corrected chi connectivity index (χ4v) is 4.29. The maximum absolute atomic E-state index is 13.2. The zero-order chi connectivity index (χ0) is 21.6. The molecule has 2 aromatic heterocycles. The number of carbonyl (C=O) groups is 3. The summed E-state index contributed by atoms with van der Waals surface area (Å²) < 4.78 is 1.61. The van der Waals surface area contributed by atoms with Crippen molar-refractivity contribution in [2.45, 2.75) is 25.4 Å². The van der Waals surface area contributed by atoms with Gasteiger partial charge in [0.15, 0.2) is 5.82 Å². The van der Waals surface area contributed by atoms with Crippen molar-refractivity contribution < 1.29 is 14.4 Å². The van der Waals surface area contributed by atoms with E-state index < -0.39 is 5.66 Å². The molecule has 0 aliphatic carbocycles. The zero-order valence-corrected chi connectivity index (χ0v) is 16.9. The Bertz CT molecular complexity index is 1170. The van der Waals surface area contributed by atoms with Gasteiger partial charge in [-0.05, 0) is 43.7 Å². The highest BCUT2D eigenvalue weighted by Crippen LogP contribution is 2.43. The number of benzene rings is 1. The van der Waals surface area contributed by atoms with Crippen LogP contribution in [0.2, 0.25) is 0 Å². The van der Waals surface area contributed by atoms with Gasteiger partial charge in [-0.1, -0.05) is 12.1 Å². The van der Waals surface area contributed by atoms with E-state index in [4.69, 9.17) is 0 Å². The third-order valence-electron chi connectivity index (χ3n) is 5.82. The lowest BCUT2D eigenvalue weighted by atomic mass is 9.98. The van der Waals surface area contributed by atoms with Gasteiger partial charge >= 0.3 is 0 Å². The molecule has 156 valence electrons. The van der Waals surface area contributed by atoms with Gasteiger partial charge in [0.25, 0.3) is 5.91 Å². The SMILES string of the molecule is C[C@]12CCC(=O)N1c1ccccc1C(=O)N2CC(=O)Nc1ccc(-n2cccn2)nc1. The summed E-state index contributed by atoms with van der Waals surface area (Å²) in [6, 6.07) is 12.3. The maximum Gasteiger partial charge on any atom is 0.258 e. The predicted octanol–water partition coefficient (Wildman–Crippen LogP) is 2.20. The van der Waals surface area contributed by atoms with Crippen molar-refractivity contribution in [3.8, 4) is 5.82 Å². The normalized spacial score (nSPS) is 19.9. The second kappa shape index (κ2) is 7.05. The maximum atomic E-state index is 13.2. The van der Waals surface area contributed by atoms with Crippen LogP contribution < -0.4 is 10.2 Å². The van der Waals surface area contributed by atoms with Crippen molar-refractivity contribution in [2.75, 3.05) is 16.8 Å². The lowest BCUT2D eigenvalue weighted by molar-refractivity contribution is -0.120. The molecule has 1 N–H and O–H groups in total. The summed E-state index contributed by atoms with van der Waals surface area (Å²) >= 11 is 0. The van der Waals surface area contributed by atoms with Crippen LogP contribution in [-0.4, -0.2) is 49.6 Å². The smallest absolute Gasteiger partial charge is 0.258 e. The number of para-hydroxylation sites is 1. The van der Waals surface area contributed by atoms with Crippen molar-refractivity contribution in [3.05, 3.63) is 66.6 Å². The summed E-state index contributed by atoms with van der Waals surface area (Å²) in [6.45, 7) is 1.66. The Labute approximate surface area is 178 Å². The van der Waals surface area contributed by atoms with Crippen LogP contribution in [0.25, 0.3) is 5.82 Å². The Morgan fingerprint density at radius 3 is 2.74 bits per heavy atom. The number of anilines is 2. The first kappa shape index (κ1) is 19.0. The molecule has 0 unspecified atom stereocenters. The standard InChI is InChI=1S/C22H20N6O3/c1-22-10-9-20(30)28(22)17-6-3-2-5-16(17)21(31)26(22)14-19(29)25-15-7-8-18(23-13-15)27-12-4-11-24-27/h2-8,11-13H,9-10,14H2,1H3,(H,25,29)/t22-/m1/s1. The zero-order valence-electron chi connectivity index (χ0n) is 16.9. The van der Waals surface area contributed by atoms with Gasteiger partial charge in [0.1, 0.15) is 12.2 Å². The minimum Gasteiger partial charge on any atom is -0.323 e. The molecule has 0 spiro atoms. The van der Waals surface area contributed by atoms with Gasteiger partial charge in [0.05, 0.1) is 23.1 Å². The van der Waals surface area contributed by atoms with Crippen LogP contribution in [0.1, 0.15) is 30.1 Å². The molecule has 4 heterocycles. The van der Waals surface area contributed by atoms with E-state index in [-0.39, 0.29) is 24.3 Å². The van der Waals surface area contributed by atoms with Gasteiger partial charge in [-0.3, -0.25) is 19.3 Å².